The van der Waals surface area contributed by atoms with E-state index in [0.717, 1.165) is 4.47 Å². The number of nitrogens with two attached hydrogens (primary N) is 1. The van der Waals surface area contributed by atoms with Crippen LogP contribution < -0.4 is 15.9 Å². The summed E-state index contributed by atoms with van der Waals surface area (Å²) in [4.78, 5) is 12.4. The van der Waals surface area contributed by atoms with Gasteiger partial charge in [0.2, 0.25) is 11.1 Å². The van der Waals surface area contributed by atoms with Crippen LogP contribution in [0.3, 0.4) is 0 Å². The number of nitrogen functional groups attached to an aromatic ring is 1. The minimum Gasteiger partial charge on any atom is -0.485 e. The summed E-state index contributed by atoms with van der Waals surface area (Å²) in [6.45, 7) is 1.88. The number of carbonyl (C=O) groups is 1. The molecule has 0 saturated heterocycles. The first-order valence-corrected chi connectivity index (χ1v) is 10.2. The highest BCUT2D eigenvalue weighted by Crippen LogP contribution is 2.23. The van der Waals surface area contributed by atoms with E-state index in [1.54, 1.807) is 31.2 Å². The Bertz CT molecular complexity index is 1060. The Kier molecular flexibility index (Phi) is 6.74. The number of amides is 1. The lowest BCUT2D eigenvalue weighted by Gasteiger charge is -2.12. The molecule has 8 nitrogen and oxygen atoms in total. The first-order valence-electron chi connectivity index (χ1n) is 8.51. The second kappa shape index (κ2) is 9.45. The van der Waals surface area contributed by atoms with E-state index in [9.17, 15) is 4.79 Å². The van der Waals surface area contributed by atoms with Gasteiger partial charge in [0.1, 0.15) is 12.4 Å². The summed E-state index contributed by atoms with van der Waals surface area (Å²) < 4.78 is 7.88. The molecule has 0 aliphatic rings. The molecule has 0 radical (unpaired) electrons. The normalized spacial score (nSPS) is 11.5. The molecular weight excluding hydrogens is 456 g/mol. The fourth-order valence-electron chi connectivity index (χ4n) is 2.31. The molecule has 0 fully saturated rings. The van der Waals surface area contributed by atoms with Crippen LogP contribution in [0.2, 0.25) is 0 Å². The third-order valence-electron chi connectivity index (χ3n) is 3.81. The molecule has 0 aliphatic carbocycles. The molecule has 0 saturated carbocycles. The number of carbonyl (C=O) groups excluding carboxylic acids is 1. The zero-order valence-corrected chi connectivity index (χ0v) is 17.8. The summed E-state index contributed by atoms with van der Waals surface area (Å²) in [6.07, 6.45) is 0. The Morgan fingerprint density at radius 1 is 1.34 bits per heavy atom. The Morgan fingerprint density at radius 2 is 2.14 bits per heavy atom. The van der Waals surface area contributed by atoms with Gasteiger partial charge in [-0.25, -0.2) is 4.68 Å². The SMILES string of the molecule is C[C@H](Sc1nnc(COc2cccc(Br)c2)n1N)C(=O)Nc1cccc(C#N)c1. The van der Waals surface area contributed by atoms with E-state index in [1.807, 2.05) is 30.3 Å². The molecule has 10 heteroatoms. The predicted octanol–water partition coefficient (Wildman–Crippen LogP) is 3.32. The highest BCUT2D eigenvalue weighted by atomic mass is 79.9. The summed E-state index contributed by atoms with van der Waals surface area (Å²) in [5, 5.41) is 19.7. The number of nitrogens with zero attached hydrogens (tertiary/aromatic N) is 4. The number of nitrogens with one attached hydrogen (secondary N) is 1. The third-order valence-corrected chi connectivity index (χ3v) is 5.36. The van der Waals surface area contributed by atoms with Crippen molar-refractivity contribution in [1.29, 1.82) is 5.26 Å². The first-order chi connectivity index (χ1) is 14.0. The van der Waals surface area contributed by atoms with Crippen molar-refractivity contribution >= 4 is 39.3 Å². The minimum absolute atomic E-state index is 0.141. The molecule has 148 valence electrons. The van der Waals surface area contributed by atoms with Gasteiger partial charge in [-0.3, -0.25) is 4.79 Å². The van der Waals surface area contributed by atoms with Gasteiger partial charge in [-0.2, -0.15) is 5.26 Å². The van der Waals surface area contributed by atoms with Crippen LogP contribution in [0.1, 0.15) is 18.3 Å². The van der Waals surface area contributed by atoms with Crippen molar-refractivity contribution < 1.29 is 9.53 Å². The van der Waals surface area contributed by atoms with Gasteiger partial charge in [-0.1, -0.05) is 39.8 Å². The molecule has 1 amide bonds. The highest BCUT2D eigenvalue weighted by molar-refractivity contribution is 9.10. The number of benzene rings is 2. The predicted molar refractivity (Wildman–Crippen MR) is 114 cm³/mol. The third kappa shape index (κ3) is 5.49. The largest absolute Gasteiger partial charge is 0.485 e. The van der Waals surface area contributed by atoms with Crippen LogP contribution in [0.4, 0.5) is 5.69 Å². The fourth-order valence-corrected chi connectivity index (χ4v) is 3.48. The van der Waals surface area contributed by atoms with E-state index in [4.69, 9.17) is 15.8 Å². The van der Waals surface area contributed by atoms with Crippen molar-refractivity contribution in [2.45, 2.75) is 23.9 Å². The summed E-state index contributed by atoms with van der Waals surface area (Å²) >= 11 is 4.56. The van der Waals surface area contributed by atoms with Crippen LogP contribution in [-0.2, 0) is 11.4 Å². The van der Waals surface area contributed by atoms with Gasteiger partial charge in [0.15, 0.2) is 5.82 Å². The van der Waals surface area contributed by atoms with E-state index >= 15 is 0 Å². The minimum atomic E-state index is -0.480. The number of halogens is 1. The van der Waals surface area contributed by atoms with Crippen LogP contribution in [0, 0.1) is 11.3 Å². The highest BCUT2D eigenvalue weighted by Gasteiger charge is 2.20. The number of hydrogen-bond acceptors (Lipinski definition) is 7. The quantitative estimate of drug-likeness (QED) is 0.399. The Balaban J connectivity index is 1.59. The molecule has 0 spiro atoms. The summed E-state index contributed by atoms with van der Waals surface area (Å²) in [5.74, 6) is 6.92. The molecule has 1 aromatic heterocycles. The molecule has 2 aromatic carbocycles. The molecule has 1 atom stereocenters. The maximum atomic E-state index is 12.4. The maximum Gasteiger partial charge on any atom is 0.237 e. The van der Waals surface area contributed by atoms with Gasteiger partial charge in [0.05, 0.1) is 16.9 Å². The number of rotatable bonds is 7. The molecule has 0 bridgehead atoms. The molecular formula is C19H17BrN6O2S. The lowest BCUT2D eigenvalue weighted by Crippen LogP contribution is -2.24. The molecule has 1 heterocycles. The summed E-state index contributed by atoms with van der Waals surface area (Å²) in [6, 6.07) is 16.2. The molecule has 3 N–H and O–H groups in total. The van der Waals surface area contributed by atoms with Crippen LogP contribution in [-0.4, -0.2) is 26.0 Å². The van der Waals surface area contributed by atoms with Gasteiger partial charge in [0.25, 0.3) is 0 Å². The number of hydrogen-bond donors (Lipinski definition) is 2. The Labute approximate surface area is 180 Å². The average molecular weight is 473 g/mol. The zero-order chi connectivity index (χ0) is 20.8. The van der Waals surface area contributed by atoms with Gasteiger partial charge in [0, 0.05) is 10.2 Å². The second-order valence-corrected chi connectivity index (χ2v) is 8.18. The van der Waals surface area contributed by atoms with Crippen LogP contribution >= 0.6 is 27.7 Å². The van der Waals surface area contributed by atoms with Crippen molar-refractivity contribution in [2.75, 3.05) is 11.2 Å². The topological polar surface area (TPSA) is 119 Å². The standard InChI is InChI=1S/C19H17BrN6O2S/c1-12(18(27)23-15-6-2-4-13(8-15)10-21)29-19-25-24-17(26(19)22)11-28-16-7-3-5-14(20)9-16/h2-9,12H,11,22H2,1H3,(H,23,27)/t12-/m0/s1. The smallest absolute Gasteiger partial charge is 0.237 e. The number of aromatic nitrogens is 3. The van der Waals surface area contributed by atoms with Crippen LogP contribution in [0.5, 0.6) is 5.75 Å². The van der Waals surface area contributed by atoms with Crippen LogP contribution in [0.25, 0.3) is 0 Å². The van der Waals surface area contributed by atoms with E-state index in [-0.39, 0.29) is 12.5 Å². The van der Waals surface area contributed by atoms with E-state index < -0.39 is 5.25 Å². The fraction of sp³-hybridized carbons (Fsp3) is 0.158. The second-order valence-electron chi connectivity index (χ2n) is 5.96. The molecule has 3 rings (SSSR count). The lowest BCUT2D eigenvalue weighted by atomic mass is 10.2. The molecule has 29 heavy (non-hydrogen) atoms. The monoisotopic (exact) mass is 472 g/mol. The summed E-state index contributed by atoms with van der Waals surface area (Å²) in [5.41, 5.74) is 1.03. The van der Waals surface area contributed by atoms with Gasteiger partial charge in [-0.15, -0.1) is 10.2 Å². The van der Waals surface area contributed by atoms with Crippen molar-refractivity contribution in [3.05, 3.63) is 64.4 Å². The maximum absolute atomic E-state index is 12.4. The van der Waals surface area contributed by atoms with Crippen molar-refractivity contribution in [2.24, 2.45) is 0 Å². The first kappa shape index (κ1) is 20.7. The van der Waals surface area contributed by atoms with E-state index in [2.05, 4.69) is 31.4 Å². The summed E-state index contributed by atoms with van der Waals surface area (Å²) in [7, 11) is 0. The van der Waals surface area contributed by atoms with Gasteiger partial charge >= 0.3 is 0 Å². The number of nitriles is 1. The lowest BCUT2D eigenvalue weighted by molar-refractivity contribution is -0.115. The average Bonchev–Trinajstić information content (AvgIpc) is 3.06. The number of thioether (sulfide) groups is 1. The van der Waals surface area contributed by atoms with Crippen molar-refractivity contribution in [1.82, 2.24) is 14.9 Å². The molecule has 3 aromatic rings. The number of ether oxygens (including phenoxy) is 1. The van der Waals surface area contributed by atoms with E-state index in [0.29, 0.717) is 28.0 Å². The number of anilines is 1. The van der Waals surface area contributed by atoms with Gasteiger partial charge < -0.3 is 15.9 Å². The van der Waals surface area contributed by atoms with Crippen molar-refractivity contribution in [3.8, 4) is 11.8 Å². The molecule has 0 aliphatic heterocycles. The van der Waals surface area contributed by atoms with Gasteiger partial charge in [-0.05, 0) is 43.3 Å². The zero-order valence-electron chi connectivity index (χ0n) is 15.4. The Morgan fingerprint density at radius 3 is 2.90 bits per heavy atom. The van der Waals surface area contributed by atoms with E-state index in [1.165, 1.54) is 16.4 Å². The van der Waals surface area contributed by atoms with Crippen LogP contribution in [0.15, 0.2) is 58.2 Å². The Hall–Kier alpha value is -3.03. The molecule has 0 unspecified atom stereocenters. The van der Waals surface area contributed by atoms with Crippen molar-refractivity contribution in [3.63, 3.8) is 0 Å².